The minimum absolute atomic E-state index is 0.0135. The SMILES string of the molecule is Cn1nccc1C(=O)N[C@H](C(=O)Nc1ccc2c(c1)C=CC21CCOC(c2cc(C(=O)N[C@@H]3C(=O)[N+](C)(c4cc(C5CCOCC5)on4)C4CC4(C)C3C3CCC3)n(C)n2)C1)C(C1CCC1)C1(C)CC1. The van der Waals surface area contributed by atoms with E-state index in [1.54, 1.807) is 35.7 Å². The molecule has 16 heteroatoms. The van der Waals surface area contributed by atoms with Crippen molar-refractivity contribution in [1.29, 1.82) is 0 Å². The number of piperidine rings is 1. The van der Waals surface area contributed by atoms with E-state index in [1.807, 2.05) is 31.3 Å². The molecule has 0 radical (unpaired) electrons. The van der Waals surface area contributed by atoms with Crippen LogP contribution in [0.2, 0.25) is 0 Å². The number of fused-ring (bicyclic) bond motifs is 3. The van der Waals surface area contributed by atoms with Crippen molar-refractivity contribution in [3.8, 4) is 0 Å². The van der Waals surface area contributed by atoms with E-state index in [9.17, 15) is 14.4 Å². The Kier molecular flexibility index (Phi) is 11.0. The van der Waals surface area contributed by atoms with Gasteiger partial charge in [-0.3, -0.25) is 23.7 Å². The van der Waals surface area contributed by atoms with E-state index < -0.39 is 12.1 Å². The second-order valence-electron chi connectivity index (χ2n) is 23.1. The van der Waals surface area contributed by atoms with Crippen LogP contribution in [0.4, 0.5) is 11.5 Å². The summed E-state index contributed by atoms with van der Waals surface area (Å²) < 4.78 is 21.2. The lowest BCUT2D eigenvalue weighted by Crippen LogP contribution is -2.69. The van der Waals surface area contributed by atoms with Gasteiger partial charge in [0.05, 0.1) is 18.8 Å². The summed E-state index contributed by atoms with van der Waals surface area (Å²) >= 11 is 0. The number of aryl methyl sites for hydroxylation is 2. The zero-order valence-corrected chi connectivity index (χ0v) is 41.2. The van der Waals surface area contributed by atoms with Crippen molar-refractivity contribution in [2.45, 2.75) is 133 Å². The van der Waals surface area contributed by atoms with Gasteiger partial charge in [0.2, 0.25) is 5.91 Å². The highest BCUT2D eigenvalue weighted by atomic mass is 16.5. The summed E-state index contributed by atoms with van der Waals surface area (Å²) in [6, 6.07) is 10.3. The molecule has 4 saturated carbocycles. The number of aromatic nitrogens is 5. The first kappa shape index (κ1) is 45.7. The number of anilines is 1. The summed E-state index contributed by atoms with van der Waals surface area (Å²) in [5.74, 6) is 1.62. The van der Waals surface area contributed by atoms with E-state index in [-0.39, 0.29) is 74.3 Å². The predicted octanol–water partition coefficient (Wildman–Crippen LogP) is 7.28. The van der Waals surface area contributed by atoms with Gasteiger partial charge >= 0.3 is 5.91 Å². The first-order chi connectivity index (χ1) is 33.7. The average Bonchev–Trinajstić information content (AvgIpc) is 3.83. The molecule has 1 aromatic carbocycles. The number of nitrogens with one attached hydrogen (secondary N) is 3. The van der Waals surface area contributed by atoms with Crippen molar-refractivity contribution < 1.29 is 33.2 Å². The molecule has 0 bridgehead atoms. The summed E-state index contributed by atoms with van der Waals surface area (Å²) in [7, 11) is 5.49. The number of allylic oxidation sites excluding steroid dienone is 1. The van der Waals surface area contributed by atoms with Crippen LogP contribution in [0.5, 0.6) is 0 Å². The maximum Gasteiger partial charge on any atom is 0.342 e. The van der Waals surface area contributed by atoms with Crippen LogP contribution in [0.25, 0.3) is 6.08 Å². The number of likely N-dealkylation sites (tertiary alicyclic amines) is 1. The van der Waals surface area contributed by atoms with E-state index in [2.05, 4.69) is 58.3 Å². The lowest BCUT2D eigenvalue weighted by Gasteiger charge is -2.48. The van der Waals surface area contributed by atoms with Gasteiger partial charge in [0.1, 0.15) is 41.4 Å². The number of hydrogen-bond donors (Lipinski definition) is 3. The molecule has 6 heterocycles. The molecule has 5 aliphatic carbocycles. The third kappa shape index (κ3) is 7.43. The highest BCUT2D eigenvalue weighted by molar-refractivity contribution is 6.02. The van der Waals surface area contributed by atoms with Gasteiger partial charge in [0.25, 0.3) is 17.6 Å². The zero-order chi connectivity index (χ0) is 48.3. The molecule has 3 aromatic heterocycles. The molecule has 370 valence electrons. The molecule has 70 heavy (non-hydrogen) atoms. The average molecular weight is 955 g/mol. The molecule has 9 atom stereocenters. The van der Waals surface area contributed by atoms with Gasteiger partial charge in [-0.25, -0.2) is 9.28 Å². The summed E-state index contributed by atoms with van der Waals surface area (Å²) in [4.78, 5) is 57.7. The van der Waals surface area contributed by atoms with Crippen molar-refractivity contribution >= 4 is 41.2 Å². The minimum atomic E-state index is -0.695. The number of ether oxygens (including phenoxy) is 2. The maximum atomic E-state index is 15.1. The van der Waals surface area contributed by atoms with Crippen molar-refractivity contribution in [3.05, 3.63) is 82.6 Å². The van der Waals surface area contributed by atoms with E-state index in [4.69, 9.17) is 19.1 Å². The highest BCUT2D eigenvalue weighted by Gasteiger charge is 2.76. The number of likely N-dealkylation sites (N-methyl/N-ethyl adjacent to an activating group) is 1. The van der Waals surface area contributed by atoms with E-state index in [0.29, 0.717) is 66.7 Å². The van der Waals surface area contributed by atoms with Gasteiger partial charge in [-0.2, -0.15) is 10.2 Å². The Hall–Kier alpha value is -5.45. The van der Waals surface area contributed by atoms with Crippen LogP contribution in [0.1, 0.15) is 153 Å². The molecule has 16 nitrogen and oxygen atoms in total. The van der Waals surface area contributed by atoms with Crippen molar-refractivity contribution in [1.82, 2.24) is 39.8 Å². The van der Waals surface area contributed by atoms with Gasteiger partial charge in [0, 0.05) is 74.9 Å². The fraction of sp³-hybridized carbons (Fsp3) is 0.611. The Bertz CT molecular complexity index is 2780. The Morgan fingerprint density at radius 3 is 2.37 bits per heavy atom. The molecular weight excluding hydrogens is 887 g/mol. The summed E-state index contributed by atoms with van der Waals surface area (Å²) in [5, 5.41) is 23.3. The van der Waals surface area contributed by atoms with Crippen LogP contribution < -0.4 is 20.4 Å². The Morgan fingerprint density at radius 2 is 1.67 bits per heavy atom. The Labute approximate surface area is 409 Å². The lowest BCUT2D eigenvalue weighted by molar-refractivity contribution is -0.140. The first-order valence-corrected chi connectivity index (χ1v) is 26.0. The molecule has 1 spiro atoms. The van der Waals surface area contributed by atoms with Gasteiger partial charge in [0.15, 0.2) is 0 Å². The van der Waals surface area contributed by atoms with Crippen LogP contribution in [-0.2, 0) is 38.6 Å². The molecule has 7 fully saturated rings. The summed E-state index contributed by atoms with van der Waals surface area (Å²) in [6.07, 6.45) is 18.3. The van der Waals surface area contributed by atoms with Crippen molar-refractivity contribution in [2.75, 3.05) is 32.2 Å². The quantitative estimate of drug-likeness (QED) is 0.115. The zero-order valence-electron chi connectivity index (χ0n) is 41.2. The second kappa shape index (κ2) is 16.8. The Balaban J connectivity index is 0.757. The fourth-order valence-electron chi connectivity index (χ4n) is 14.2. The third-order valence-electron chi connectivity index (χ3n) is 19.1. The number of carbonyl (C=O) groups excluding carboxylic acids is 4. The number of rotatable bonds is 13. The number of carbonyl (C=O) groups is 4. The van der Waals surface area contributed by atoms with Crippen LogP contribution >= 0.6 is 0 Å². The Morgan fingerprint density at radius 1 is 0.886 bits per heavy atom. The molecule has 4 aromatic rings. The summed E-state index contributed by atoms with van der Waals surface area (Å²) in [5.41, 5.74) is 3.90. The predicted molar refractivity (Wildman–Crippen MR) is 260 cm³/mol. The first-order valence-electron chi connectivity index (χ1n) is 26.0. The molecule has 4 amide bonds. The van der Waals surface area contributed by atoms with Crippen LogP contribution in [0, 0.1) is 34.5 Å². The normalized spacial score (nSPS) is 32.0. The molecule has 3 saturated heterocycles. The van der Waals surface area contributed by atoms with E-state index >= 15 is 4.79 Å². The number of amides is 4. The van der Waals surface area contributed by atoms with Crippen molar-refractivity contribution in [3.63, 3.8) is 0 Å². The minimum Gasteiger partial charge on any atom is -0.381 e. The van der Waals surface area contributed by atoms with Gasteiger partial charge in [-0.05, 0) is 102 Å². The number of nitrogens with zero attached hydrogens (tertiary/aromatic N) is 6. The highest BCUT2D eigenvalue weighted by Crippen LogP contribution is 2.66. The van der Waals surface area contributed by atoms with Crippen LogP contribution in [-0.4, -0.2) is 93.3 Å². The van der Waals surface area contributed by atoms with Gasteiger partial charge in [-0.15, -0.1) is 0 Å². The molecular formula is C54H68N9O7+. The smallest absolute Gasteiger partial charge is 0.342 e. The fourth-order valence-corrected chi connectivity index (χ4v) is 14.2. The van der Waals surface area contributed by atoms with Gasteiger partial charge in [-0.1, -0.05) is 70.6 Å². The lowest BCUT2D eigenvalue weighted by atomic mass is 9.64. The molecule has 3 N–H and O–H groups in total. The topological polar surface area (TPSA) is 184 Å². The number of benzene rings is 1. The number of quaternary nitrogens is 1. The van der Waals surface area contributed by atoms with Crippen LogP contribution in [0.15, 0.2) is 53.2 Å². The molecule has 12 rings (SSSR count). The van der Waals surface area contributed by atoms with Gasteiger partial charge < -0.3 is 29.9 Å². The number of hydrogen-bond acceptors (Lipinski definition) is 10. The monoisotopic (exact) mass is 955 g/mol. The largest absolute Gasteiger partial charge is 0.381 e. The molecule has 8 aliphatic rings. The molecule has 7 unspecified atom stereocenters. The van der Waals surface area contributed by atoms with E-state index in [0.717, 1.165) is 93.9 Å². The second-order valence-corrected chi connectivity index (χ2v) is 23.1. The molecule has 3 aliphatic heterocycles. The maximum absolute atomic E-state index is 15.1. The summed E-state index contributed by atoms with van der Waals surface area (Å²) in [6.45, 7) is 6.43. The van der Waals surface area contributed by atoms with Crippen molar-refractivity contribution in [2.24, 2.45) is 48.6 Å². The third-order valence-corrected chi connectivity index (χ3v) is 19.1. The van der Waals surface area contributed by atoms with E-state index in [1.165, 1.54) is 0 Å². The standard InChI is InChI=1S/C54H67N9O7/c1-52(19-20-52)44(32-8-6-9-32)46(57-48(64)38-15-22-55-61(38)3)50(66)56-35-12-13-36-34(26-35)14-18-54(36)21-25-69-41(29-54)37-27-39(62(4)59-37)49(65)58-47-45(33-10-7-11-33)53(2)30-42(53)63(5,51(47)67)43-28-40(70-60-43)31-16-23-68-24-17-31/h12-15,18,22,26-28,31-33,41-42,44-47H,6-11,16-17,19-21,23-25,29-30H2,1-5H3,(H2-,56,57,58,64,65,66)/p+1/t41?,42?,44?,45?,46-,47-,53?,54?,63?/m0/s1. The van der Waals surface area contributed by atoms with Crippen LogP contribution in [0.3, 0.4) is 0 Å².